The minimum atomic E-state index is -0.506. The van der Waals surface area contributed by atoms with Gasteiger partial charge in [0.2, 0.25) is 11.8 Å². The number of aromatic nitrogens is 1. The van der Waals surface area contributed by atoms with Crippen molar-refractivity contribution >= 4 is 23.5 Å². The first kappa shape index (κ1) is 13.1. The van der Waals surface area contributed by atoms with Gasteiger partial charge in [-0.1, -0.05) is 0 Å². The molecule has 7 heteroatoms. The Balaban J connectivity index is 1.94. The van der Waals surface area contributed by atoms with Crippen molar-refractivity contribution in [3.8, 4) is 0 Å². The van der Waals surface area contributed by atoms with Crippen LogP contribution < -0.4 is 10.6 Å². The second kappa shape index (κ2) is 5.55. The molecule has 0 bridgehead atoms. The monoisotopic (exact) mass is 265 g/mol. The predicted octanol–water partition coefficient (Wildman–Crippen LogP) is 0.408. The molecule has 0 aromatic carbocycles. The van der Waals surface area contributed by atoms with Crippen LogP contribution in [0.2, 0.25) is 0 Å². The van der Waals surface area contributed by atoms with Gasteiger partial charge in [0.05, 0.1) is 12.3 Å². The Morgan fingerprint density at radius 1 is 1.53 bits per heavy atom. The van der Waals surface area contributed by atoms with Crippen molar-refractivity contribution in [2.45, 2.75) is 25.8 Å². The van der Waals surface area contributed by atoms with Gasteiger partial charge in [-0.25, -0.2) is 4.79 Å². The third kappa shape index (κ3) is 3.12. The summed E-state index contributed by atoms with van der Waals surface area (Å²) in [7, 11) is 0. The molecule has 1 aliphatic rings. The molecule has 1 fully saturated rings. The van der Waals surface area contributed by atoms with E-state index in [9.17, 15) is 14.4 Å². The van der Waals surface area contributed by atoms with E-state index in [0.29, 0.717) is 18.5 Å². The topological polar surface area (TPSA) is 100 Å². The van der Waals surface area contributed by atoms with Gasteiger partial charge in [0.15, 0.2) is 0 Å². The van der Waals surface area contributed by atoms with Crippen LogP contribution in [0.4, 0.5) is 5.69 Å². The average Bonchev–Trinajstić information content (AvgIpc) is 2.98. The molecule has 0 unspecified atom stereocenters. The minimum Gasteiger partial charge on any atom is -0.461 e. The van der Waals surface area contributed by atoms with Gasteiger partial charge in [0, 0.05) is 12.6 Å². The van der Waals surface area contributed by atoms with E-state index in [1.807, 2.05) is 0 Å². The van der Waals surface area contributed by atoms with E-state index in [4.69, 9.17) is 4.74 Å². The van der Waals surface area contributed by atoms with Gasteiger partial charge in [-0.2, -0.15) is 0 Å². The molecule has 1 atom stereocenters. The molecule has 0 saturated carbocycles. The largest absolute Gasteiger partial charge is 0.461 e. The lowest BCUT2D eigenvalue weighted by Gasteiger charge is -2.09. The molecule has 2 rings (SSSR count). The summed E-state index contributed by atoms with van der Waals surface area (Å²) in [4.78, 5) is 37.0. The molecule has 0 aliphatic carbocycles. The van der Waals surface area contributed by atoms with E-state index in [2.05, 4.69) is 15.6 Å². The number of rotatable bonds is 4. The van der Waals surface area contributed by atoms with Crippen molar-refractivity contribution in [1.29, 1.82) is 0 Å². The maximum absolute atomic E-state index is 11.8. The van der Waals surface area contributed by atoms with E-state index in [1.165, 1.54) is 12.3 Å². The fourth-order valence-corrected chi connectivity index (χ4v) is 1.83. The van der Waals surface area contributed by atoms with Crippen LogP contribution in [0.5, 0.6) is 0 Å². The van der Waals surface area contributed by atoms with Crippen LogP contribution in [0.3, 0.4) is 0 Å². The smallest absolute Gasteiger partial charge is 0.354 e. The standard InChI is InChI=1S/C12H15N3O4/c1-2-19-12(18)9-5-7(6-13-9)14-11(17)8-3-4-10(16)15-8/h5-6,8,13H,2-4H2,1H3,(H,14,17)(H,15,16)/t8-/m0/s1. The molecule has 1 aromatic heterocycles. The maximum Gasteiger partial charge on any atom is 0.354 e. The number of hydrogen-bond donors (Lipinski definition) is 3. The zero-order chi connectivity index (χ0) is 13.8. The number of anilines is 1. The number of aromatic amines is 1. The van der Waals surface area contributed by atoms with Crippen molar-refractivity contribution < 1.29 is 19.1 Å². The minimum absolute atomic E-state index is 0.124. The molecule has 3 N–H and O–H groups in total. The molecule has 2 heterocycles. The van der Waals surface area contributed by atoms with Crippen molar-refractivity contribution in [3.63, 3.8) is 0 Å². The van der Waals surface area contributed by atoms with Crippen LogP contribution in [-0.4, -0.2) is 35.4 Å². The summed E-state index contributed by atoms with van der Waals surface area (Å²) in [5.41, 5.74) is 0.738. The van der Waals surface area contributed by atoms with Gasteiger partial charge in [0.25, 0.3) is 0 Å². The van der Waals surface area contributed by atoms with Crippen LogP contribution in [0.1, 0.15) is 30.3 Å². The van der Waals surface area contributed by atoms with Gasteiger partial charge >= 0.3 is 5.97 Å². The quantitative estimate of drug-likeness (QED) is 0.686. The Hall–Kier alpha value is -2.31. The van der Waals surface area contributed by atoms with E-state index in [-0.39, 0.29) is 24.1 Å². The average molecular weight is 265 g/mol. The van der Waals surface area contributed by atoms with Crippen LogP contribution in [-0.2, 0) is 14.3 Å². The Morgan fingerprint density at radius 3 is 2.95 bits per heavy atom. The fourth-order valence-electron chi connectivity index (χ4n) is 1.83. The second-order valence-corrected chi connectivity index (χ2v) is 4.17. The highest BCUT2D eigenvalue weighted by molar-refractivity contribution is 5.99. The first-order chi connectivity index (χ1) is 9.10. The summed E-state index contributed by atoms with van der Waals surface area (Å²) in [6.45, 7) is 2.00. The van der Waals surface area contributed by atoms with Gasteiger partial charge in [-0.05, 0) is 19.4 Å². The third-order valence-corrected chi connectivity index (χ3v) is 2.76. The molecule has 7 nitrogen and oxygen atoms in total. The van der Waals surface area contributed by atoms with Crippen molar-refractivity contribution in [1.82, 2.24) is 10.3 Å². The summed E-state index contributed by atoms with van der Waals surface area (Å²) < 4.78 is 4.82. The Kier molecular flexibility index (Phi) is 3.84. The van der Waals surface area contributed by atoms with E-state index in [1.54, 1.807) is 6.92 Å². The molecule has 19 heavy (non-hydrogen) atoms. The summed E-state index contributed by atoms with van der Waals surface area (Å²) in [5, 5.41) is 5.20. The van der Waals surface area contributed by atoms with Crippen LogP contribution >= 0.6 is 0 Å². The normalized spacial score (nSPS) is 17.9. The van der Waals surface area contributed by atoms with Crippen molar-refractivity contribution in [2.24, 2.45) is 0 Å². The zero-order valence-corrected chi connectivity index (χ0v) is 10.5. The van der Waals surface area contributed by atoms with Crippen molar-refractivity contribution in [3.05, 3.63) is 18.0 Å². The third-order valence-electron chi connectivity index (χ3n) is 2.76. The molecule has 2 amide bonds. The van der Waals surface area contributed by atoms with Gasteiger partial charge in [-0.15, -0.1) is 0 Å². The number of esters is 1. The number of nitrogens with one attached hydrogen (secondary N) is 3. The first-order valence-electron chi connectivity index (χ1n) is 6.06. The Bertz CT molecular complexity index is 509. The second-order valence-electron chi connectivity index (χ2n) is 4.17. The first-order valence-corrected chi connectivity index (χ1v) is 6.06. The highest BCUT2D eigenvalue weighted by Gasteiger charge is 2.27. The van der Waals surface area contributed by atoms with Crippen molar-refractivity contribution in [2.75, 3.05) is 11.9 Å². The predicted molar refractivity (Wildman–Crippen MR) is 66.5 cm³/mol. The van der Waals surface area contributed by atoms with E-state index >= 15 is 0 Å². The lowest BCUT2D eigenvalue weighted by Crippen LogP contribution is -2.37. The SMILES string of the molecule is CCOC(=O)c1cc(NC(=O)[C@@H]2CCC(=O)N2)c[nH]1. The molecule has 1 aromatic rings. The molecule has 1 aliphatic heterocycles. The highest BCUT2D eigenvalue weighted by atomic mass is 16.5. The molecular weight excluding hydrogens is 250 g/mol. The number of amides is 2. The summed E-state index contributed by atoms with van der Waals surface area (Å²) >= 11 is 0. The summed E-state index contributed by atoms with van der Waals surface area (Å²) in [5.74, 6) is -0.890. The van der Waals surface area contributed by atoms with Crippen LogP contribution in [0, 0.1) is 0 Å². The van der Waals surface area contributed by atoms with Crippen LogP contribution in [0.25, 0.3) is 0 Å². The molecule has 0 spiro atoms. The molecule has 102 valence electrons. The lowest BCUT2D eigenvalue weighted by molar-refractivity contribution is -0.122. The fraction of sp³-hybridized carbons (Fsp3) is 0.417. The molecule has 1 saturated heterocycles. The number of carbonyl (C=O) groups excluding carboxylic acids is 3. The Labute approximate surface area is 109 Å². The molecule has 0 radical (unpaired) electrons. The summed E-state index contributed by atoms with van der Waals surface area (Å²) in [6, 6.07) is 0.987. The van der Waals surface area contributed by atoms with E-state index < -0.39 is 12.0 Å². The van der Waals surface area contributed by atoms with Gasteiger partial charge < -0.3 is 20.4 Å². The van der Waals surface area contributed by atoms with E-state index in [0.717, 1.165) is 0 Å². The van der Waals surface area contributed by atoms with Gasteiger partial charge in [-0.3, -0.25) is 9.59 Å². The lowest BCUT2D eigenvalue weighted by atomic mass is 10.2. The highest BCUT2D eigenvalue weighted by Crippen LogP contribution is 2.13. The number of H-pyrrole nitrogens is 1. The zero-order valence-electron chi connectivity index (χ0n) is 10.5. The summed E-state index contributed by atoms with van der Waals surface area (Å²) in [6.07, 6.45) is 2.35. The Morgan fingerprint density at radius 2 is 2.32 bits per heavy atom. The van der Waals surface area contributed by atoms with Crippen LogP contribution in [0.15, 0.2) is 12.3 Å². The number of ether oxygens (including phenoxy) is 1. The molecular formula is C12H15N3O4. The number of carbonyl (C=O) groups is 3. The number of hydrogen-bond acceptors (Lipinski definition) is 4. The van der Waals surface area contributed by atoms with Gasteiger partial charge in [0.1, 0.15) is 11.7 Å². The maximum atomic E-state index is 11.8.